The summed E-state index contributed by atoms with van der Waals surface area (Å²) in [5.41, 5.74) is -0.236. The molecule has 0 aliphatic carbocycles. The van der Waals surface area contributed by atoms with Crippen LogP contribution in [0.3, 0.4) is 0 Å². The van der Waals surface area contributed by atoms with E-state index in [1.54, 1.807) is 32.0 Å². The second kappa shape index (κ2) is 5.71. The normalized spacial score (nSPS) is 16.4. The van der Waals surface area contributed by atoms with Gasteiger partial charge in [-0.3, -0.25) is 0 Å². The molecule has 0 aromatic heterocycles. The molecule has 1 aromatic carbocycles. The predicted octanol–water partition coefficient (Wildman–Crippen LogP) is 2.93. The van der Waals surface area contributed by atoms with Gasteiger partial charge in [0.1, 0.15) is 12.4 Å². The zero-order valence-corrected chi connectivity index (χ0v) is 11.2. The number of ether oxygens (including phenoxy) is 1. The highest BCUT2D eigenvalue weighted by atomic mass is 35.5. The average molecular weight is 259 g/mol. The van der Waals surface area contributed by atoms with Crippen LogP contribution in [0.4, 0.5) is 0 Å². The molecule has 1 rings (SSSR count). The summed E-state index contributed by atoms with van der Waals surface area (Å²) >= 11 is 5.86. The first-order chi connectivity index (χ1) is 7.85. The number of halogens is 1. The van der Waals surface area contributed by atoms with Crippen LogP contribution < -0.4 is 4.74 Å². The highest BCUT2D eigenvalue weighted by Crippen LogP contribution is 2.29. The molecule has 0 radical (unpaired) electrons. The maximum absolute atomic E-state index is 9.86. The maximum atomic E-state index is 9.86. The Morgan fingerprint density at radius 1 is 1.47 bits per heavy atom. The molecule has 0 amide bonds. The fourth-order valence-corrected chi connectivity index (χ4v) is 1.49. The van der Waals surface area contributed by atoms with Crippen LogP contribution in [0, 0.1) is 0 Å². The largest absolute Gasteiger partial charge is 0.490 e. The molecule has 0 aliphatic heterocycles. The predicted molar refractivity (Wildman–Crippen MR) is 68.5 cm³/mol. The molecule has 0 spiro atoms. The third kappa shape index (κ3) is 4.19. The molecular formula is C13H19ClO3. The van der Waals surface area contributed by atoms with Crippen molar-refractivity contribution in [2.24, 2.45) is 0 Å². The zero-order valence-electron chi connectivity index (χ0n) is 10.4. The van der Waals surface area contributed by atoms with Crippen molar-refractivity contribution in [3.05, 3.63) is 28.8 Å². The van der Waals surface area contributed by atoms with Gasteiger partial charge in [0.25, 0.3) is 0 Å². The Balaban J connectivity index is 2.84. The highest BCUT2D eigenvalue weighted by Gasteiger charge is 2.20. The van der Waals surface area contributed by atoms with E-state index in [1.165, 1.54) is 0 Å². The summed E-state index contributed by atoms with van der Waals surface area (Å²) in [4.78, 5) is 0. The molecule has 4 heteroatoms. The van der Waals surface area contributed by atoms with Gasteiger partial charge in [-0.25, -0.2) is 0 Å². The van der Waals surface area contributed by atoms with E-state index in [1.807, 2.05) is 6.92 Å². The maximum Gasteiger partial charge on any atom is 0.125 e. The molecule has 0 fully saturated rings. The van der Waals surface area contributed by atoms with Gasteiger partial charge < -0.3 is 14.9 Å². The Labute approximate surface area is 107 Å². The van der Waals surface area contributed by atoms with E-state index in [9.17, 15) is 10.2 Å². The average Bonchev–Trinajstić information content (AvgIpc) is 2.27. The van der Waals surface area contributed by atoms with Crippen LogP contribution in [-0.2, 0) is 0 Å². The Kier molecular flexibility index (Phi) is 4.80. The van der Waals surface area contributed by atoms with Gasteiger partial charge in [-0.1, -0.05) is 18.5 Å². The summed E-state index contributed by atoms with van der Waals surface area (Å²) in [5.74, 6) is 0.554. The first-order valence-corrected chi connectivity index (χ1v) is 6.06. The van der Waals surface area contributed by atoms with Gasteiger partial charge in [0.05, 0.1) is 11.7 Å². The summed E-state index contributed by atoms with van der Waals surface area (Å²) in [6, 6.07) is 5.07. The lowest BCUT2D eigenvalue weighted by atomic mass is 10.1. The Hall–Kier alpha value is -0.770. The number of hydrogen-bond acceptors (Lipinski definition) is 3. The molecule has 0 bridgehead atoms. The van der Waals surface area contributed by atoms with E-state index in [-0.39, 0.29) is 6.61 Å². The number of rotatable bonds is 5. The Bertz CT molecular complexity index is 375. The van der Waals surface area contributed by atoms with Crippen LogP contribution in [0.5, 0.6) is 5.75 Å². The van der Waals surface area contributed by atoms with Gasteiger partial charge in [0.2, 0.25) is 0 Å². The fourth-order valence-electron chi connectivity index (χ4n) is 1.31. The summed E-state index contributed by atoms with van der Waals surface area (Å²) in [5, 5.41) is 20.0. The Morgan fingerprint density at radius 3 is 2.65 bits per heavy atom. The van der Waals surface area contributed by atoms with Crippen LogP contribution >= 0.6 is 11.6 Å². The molecular weight excluding hydrogens is 240 g/mol. The SMILES string of the molecule is CCC(C)(O)COc1ccc(Cl)cc1[C@H](C)O. The highest BCUT2D eigenvalue weighted by molar-refractivity contribution is 6.30. The lowest BCUT2D eigenvalue weighted by molar-refractivity contribution is 0.00746. The van der Waals surface area contributed by atoms with Crippen molar-refractivity contribution in [1.29, 1.82) is 0 Å². The van der Waals surface area contributed by atoms with Crippen molar-refractivity contribution in [2.45, 2.75) is 38.9 Å². The Morgan fingerprint density at radius 2 is 2.12 bits per heavy atom. The van der Waals surface area contributed by atoms with Crippen molar-refractivity contribution in [1.82, 2.24) is 0 Å². The van der Waals surface area contributed by atoms with Crippen LogP contribution in [-0.4, -0.2) is 22.4 Å². The molecule has 2 atom stereocenters. The molecule has 0 saturated heterocycles. The van der Waals surface area contributed by atoms with E-state index in [2.05, 4.69) is 0 Å². The lowest BCUT2D eigenvalue weighted by Crippen LogP contribution is -2.31. The first-order valence-electron chi connectivity index (χ1n) is 5.68. The molecule has 96 valence electrons. The van der Waals surface area contributed by atoms with Crippen molar-refractivity contribution in [2.75, 3.05) is 6.61 Å². The summed E-state index contributed by atoms with van der Waals surface area (Å²) in [6.45, 7) is 5.44. The first kappa shape index (κ1) is 14.3. The van der Waals surface area contributed by atoms with Gasteiger partial charge in [-0.05, 0) is 38.5 Å². The number of aliphatic hydroxyl groups is 2. The summed E-state index contributed by atoms with van der Waals surface area (Å²) in [6.07, 6.45) is -0.0554. The third-order valence-corrected chi connectivity index (χ3v) is 2.96. The second-order valence-corrected chi connectivity index (χ2v) is 4.93. The molecule has 0 heterocycles. The van der Waals surface area contributed by atoms with Gasteiger partial charge in [-0.2, -0.15) is 0 Å². The molecule has 2 N–H and O–H groups in total. The summed E-state index contributed by atoms with van der Waals surface area (Å²) < 4.78 is 5.54. The van der Waals surface area contributed by atoms with Gasteiger partial charge in [0.15, 0.2) is 0 Å². The van der Waals surface area contributed by atoms with Crippen LogP contribution in [0.2, 0.25) is 5.02 Å². The number of aliphatic hydroxyl groups excluding tert-OH is 1. The van der Waals surface area contributed by atoms with Gasteiger partial charge in [0, 0.05) is 10.6 Å². The van der Waals surface area contributed by atoms with E-state index in [0.717, 1.165) is 0 Å². The van der Waals surface area contributed by atoms with E-state index < -0.39 is 11.7 Å². The summed E-state index contributed by atoms with van der Waals surface area (Å²) in [7, 11) is 0. The molecule has 0 aliphatic rings. The molecule has 17 heavy (non-hydrogen) atoms. The monoisotopic (exact) mass is 258 g/mol. The topological polar surface area (TPSA) is 49.7 Å². The molecule has 1 aromatic rings. The fraction of sp³-hybridized carbons (Fsp3) is 0.538. The van der Waals surface area contributed by atoms with Crippen molar-refractivity contribution >= 4 is 11.6 Å². The van der Waals surface area contributed by atoms with E-state index in [0.29, 0.717) is 22.8 Å². The van der Waals surface area contributed by atoms with Crippen molar-refractivity contribution in [3.8, 4) is 5.75 Å². The van der Waals surface area contributed by atoms with Gasteiger partial charge in [-0.15, -0.1) is 0 Å². The van der Waals surface area contributed by atoms with E-state index >= 15 is 0 Å². The van der Waals surface area contributed by atoms with Crippen molar-refractivity contribution < 1.29 is 14.9 Å². The van der Waals surface area contributed by atoms with Crippen LogP contribution in [0.1, 0.15) is 38.9 Å². The minimum atomic E-state index is -0.865. The minimum absolute atomic E-state index is 0.185. The lowest BCUT2D eigenvalue weighted by Gasteiger charge is -2.23. The van der Waals surface area contributed by atoms with Crippen LogP contribution in [0.15, 0.2) is 18.2 Å². The third-order valence-electron chi connectivity index (χ3n) is 2.72. The smallest absolute Gasteiger partial charge is 0.125 e. The van der Waals surface area contributed by atoms with Crippen molar-refractivity contribution in [3.63, 3.8) is 0 Å². The van der Waals surface area contributed by atoms with Gasteiger partial charge >= 0.3 is 0 Å². The second-order valence-electron chi connectivity index (χ2n) is 4.50. The quantitative estimate of drug-likeness (QED) is 0.854. The number of benzene rings is 1. The number of hydrogen-bond donors (Lipinski definition) is 2. The molecule has 1 unspecified atom stereocenters. The van der Waals surface area contributed by atoms with E-state index in [4.69, 9.17) is 16.3 Å². The minimum Gasteiger partial charge on any atom is -0.490 e. The standard InChI is InChI=1S/C13H19ClO3/c1-4-13(3,16)8-17-12-6-5-10(14)7-11(12)9(2)15/h5-7,9,15-16H,4,8H2,1-3H3/t9-,13?/m0/s1. The molecule has 3 nitrogen and oxygen atoms in total. The van der Waals surface area contributed by atoms with Crippen LogP contribution in [0.25, 0.3) is 0 Å². The zero-order chi connectivity index (χ0) is 13.1. The molecule has 0 saturated carbocycles.